The molecule has 0 atom stereocenters. The van der Waals surface area contributed by atoms with E-state index in [1.807, 2.05) is 30.1 Å². The van der Waals surface area contributed by atoms with Gasteiger partial charge in [0.2, 0.25) is 0 Å². The number of guanidine groups is 1. The van der Waals surface area contributed by atoms with E-state index in [0.29, 0.717) is 17.4 Å². The zero-order valence-corrected chi connectivity index (χ0v) is 20.7. The summed E-state index contributed by atoms with van der Waals surface area (Å²) < 4.78 is 36.3. The van der Waals surface area contributed by atoms with Crippen molar-refractivity contribution in [1.82, 2.24) is 10.6 Å². The highest BCUT2D eigenvalue weighted by Crippen LogP contribution is 2.13. The van der Waals surface area contributed by atoms with Crippen molar-refractivity contribution in [2.75, 3.05) is 44.9 Å². The van der Waals surface area contributed by atoms with Crippen LogP contribution in [-0.4, -0.2) is 54.4 Å². The van der Waals surface area contributed by atoms with Gasteiger partial charge >= 0.3 is 0 Å². The van der Waals surface area contributed by atoms with Gasteiger partial charge in [-0.3, -0.25) is 4.99 Å². The number of benzene rings is 2. The third-order valence-corrected chi connectivity index (χ3v) is 5.62. The maximum atomic E-state index is 13.3. The van der Waals surface area contributed by atoms with E-state index in [1.54, 1.807) is 25.2 Å². The number of aliphatic imine (C=N–C) groups is 1. The van der Waals surface area contributed by atoms with Crippen LogP contribution in [0.2, 0.25) is 0 Å². The molecule has 2 N–H and O–H groups in total. The zero-order chi connectivity index (χ0) is 21.3. The van der Waals surface area contributed by atoms with Crippen LogP contribution in [0, 0.1) is 5.82 Å². The lowest BCUT2D eigenvalue weighted by atomic mass is 10.1. The molecule has 0 unspecified atom stereocenters. The number of anilines is 1. The molecule has 0 saturated carbocycles. The van der Waals surface area contributed by atoms with E-state index in [9.17, 15) is 12.8 Å². The fraction of sp³-hybridized carbons (Fsp3) is 0.381. The third-order valence-electron chi connectivity index (χ3n) is 4.49. The van der Waals surface area contributed by atoms with Gasteiger partial charge in [0, 0.05) is 45.7 Å². The molecule has 2 aromatic rings. The van der Waals surface area contributed by atoms with Crippen LogP contribution in [0.4, 0.5) is 10.1 Å². The second kappa shape index (κ2) is 12.7. The SMILES string of the molecule is CN=C(NCCCN(C)c1cccc(F)c1)NCCc1ccc(S(C)(=O)=O)cc1.I. The van der Waals surface area contributed by atoms with Crippen molar-refractivity contribution < 1.29 is 12.8 Å². The highest BCUT2D eigenvalue weighted by Gasteiger charge is 2.06. The summed E-state index contributed by atoms with van der Waals surface area (Å²) in [4.78, 5) is 6.55. The van der Waals surface area contributed by atoms with Crippen LogP contribution >= 0.6 is 24.0 Å². The average Bonchev–Trinajstić information content (AvgIpc) is 2.69. The predicted octanol–water partition coefficient (Wildman–Crippen LogP) is 3.08. The minimum Gasteiger partial charge on any atom is -0.374 e. The molecular formula is C21H30FIN4O2S. The molecule has 166 valence electrons. The van der Waals surface area contributed by atoms with Crippen LogP contribution in [0.5, 0.6) is 0 Å². The van der Waals surface area contributed by atoms with Crippen LogP contribution in [0.3, 0.4) is 0 Å². The Labute approximate surface area is 195 Å². The second-order valence-corrected chi connectivity index (χ2v) is 8.86. The number of sulfone groups is 1. The third kappa shape index (κ3) is 8.86. The first-order chi connectivity index (χ1) is 13.8. The quantitative estimate of drug-likeness (QED) is 0.218. The van der Waals surface area contributed by atoms with Crippen molar-refractivity contribution in [3.63, 3.8) is 0 Å². The number of hydrogen-bond donors (Lipinski definition) is 2. The first-order valence-corrected chi connectivity index (χ1v) is 11.4. The largest absolute Gasteiger partial charge is 0.374 e. The Morgan fingerprint density at radius 3 is 2.37 bits per heavy atom. The molecule has 0 fully saturated rings. The van der Waals surface area contributed by atoms with E-state index >= 15 is 0 Å². The maximum Gasteiger partial charge on any atom is 0.190 e. The highest BCUT2D eigenvalue weighted by molar-refractivity contribution is 14.0. The van der Waals surface area contributed by atoms with Gasteiger partial charge in [-0.2, -0.15) is 0 Å². The maximum absolute atomic E-state index is 13.3. The summed E-state index contributed by atoms with van der Waals surface area (Å²) in [6.45, 7) is 2.21. The van der Waals surface area contributed by atoms with Gasteiger partial charge in [-0.05, 0) is 48.7 Å². The van der Waals surface area contributed by atoms with Gasteiger partial charge in [0.25, 0.3) is 0 Å². The van der Waals surface area contributed by atoms with Gasteiger partial charge in [0.1, 0.15) is 5.82 Å². The van der Waals surface area contributed by atoms with Crippen molar-refractivity contribution in [3.05, 3.63) is 59.9 Å². The minimum atomic E-state index is -3.16. The smallest absolute Gasteiger partial charge is 0.190 e. The van der Waals surface area contributed by atoms with Crippen molar-refractivity contribution in [2.24, 2.45) is 4.99 Å². The molecule has 0 aliphatic carbocycles. The summed E-state index contributed by atoms with van der Waals surface area (Å²) >= 11 is 0. The molecule has 0 aromatic heterocycles. The number of hydrogen-bond acceptors (Lipinski definition) is 4. The van der Waals surface area contributed by atoms with Gasteiger partial charge in [-0.15, -0.1) is 24.0 Å². The Morgan fingerprint density at radius 2 is 1.77 bits per heavy atom. The van der Waals surface area contributed by atoms with Crippen LogP contribution in [0.25, 0.3) is 0 Å². The van der Waals surface area contributed by atoms with Crippen molar-refractivity contribution in [1.29, 1.82) is 0 Å². The normalized spacial score (nSPS) is 11.5. The Balaban J connectivity index is 0.00000450. The Hall–Kier alpha value is -1.88. The van der Waals surface area contributed by atoms with Crippen molar-refractivity contribution in [2.45, 2.75) is 17.7 Å². The molecule has 0 aliphatic heterocycles. The molecule has 6 nitrogen and oxygen atoms in total. The summed E-state index contributed by atoms with van der Waals surface area (Å²) in [6.07, 6.45) is 2.84. The minimum absolute atomic E-state index is 0. The Morgan fingerprint density at radius 1 is 1.10 bits per heavy atom. The molecular weight excluding hydrogens is 518 g/mol. The van der Waals surface area contributed by atoms with E-state index in [1.165, 1.54) is 18.4 Å². The molecule has 2 aromatic carbocycles. The Bertz CT molecular complexity index is 921. The molecule has 0 bridgehead atoms. The van der Waals surface area contributed by atoms with Crippen LogP contribution < -0.4 is 15.5 Å². The fourth-order valence-electron chi connectivity index (χ4n) is 2.81. The van der Waals surface area contributed by atoms with E-state index in [4.69, 9.17) is 0 Å². The average molecular weight is 548 g/mol. The first kappa shape index (κ1) is 26.2. The summed E-state index contributed by atoms with van der Waals surface area (Å²) in [7, 11) is 0.496. The highest BCUT2D eigenvalue weighted by atomic mass is 127. The molecule has 0 heterocycles. The zero-order valence-electron chi connectivity index (χ0n) is 17.6. The van der Waals surface area contributed by atoms with Crippen LogP contribution in [0.1, 0.15) is 12.0 Å². The first-order valence-electron chi connectivity index (χ1n) is 9.50. The van der Waals surface area contributed by atoms with E-state index in [0.717, 1.165) is 37.2 Å². The lowest BCUT2D eigenvalue weighted by Gasteiger charge is -2.20. The van der Waals surface area contributed by atoms with Gasteiger partial charge in [0.05, 0.1) is 4.90 Å². The monoisotopic (exact) mass is 548 g/mol. The van der Waals surface area contributed by atoms with Gasteiger partial charge < -0.3 is 15.5 Å². The lowest BCUT2D eigenvalue weighted by molar-refractivity contribution is 0.602. The standard InChI is InChI=1S/C21H29FN4O2S.HI/c1-23-21(24-13-5-15-26(2)19-7-4-6-18(22)16-19)25-14-12-17-8-10-20(11-9-17)29(3,27)28;/h4,6-11,16H,5,12-15H2,1-3H3,(H2,23,24,25);1H. The number of nitrogens with one attached hydrogen (secondary N) is 2. The van der Waals surface area contributed by atoms with E-state index in [2.05, 4.69) is 15.6 Å². The summed E-state index contributed by atoms with van der Waals surface area (Å²) in [5.41, 5.74) is 1.91. The molecule has 0 aliphatic rings. The number of rotatable bonds is 9. The number of halogens is 2. The molecule has 0 saturated heterocycles. The van der Waals surface area contributed by atoms with E-state index in [-0.39, 0.29) is 29.8 Å². The summed E-state index contributed by atoms with van der Waals surface area (Å²) in [5.74, 6) is 0.481. The van der Waals surface area contributed by atoms with Gasteiger partial charge in [0.15, 0.2) is 15.8 Å². The van der Waals surface area contributed by atoms with E-state index < -0.39 is 9.84 Å². The topological polar surface area (TPSA) is 73.8 Å². The van der Waals surface area contributed by atoms with Crippen LogP contribution in [-0.2, 0) is 16.3 Å². The van der Waals surface area contributed by atoms with Crippen molar-refractivity contribution in [3.8, 4) is 0 Å². The fourth-order valence-corrected chi connectivity index (χ4v) is 3.45. The number of nitrogens with zero attached hydrogens (tertiary/aromatic N) is 2. The van der Waals surface area contributed by atoms with Crippen molar-refractivity contribution >= 4 is 45.5 Å². The molecule has 0 amide bonds. The molecule has 0 spiro atoms. The molecule has 2 rings (SSSR count). The summed E-state index contributed by atoms with van der Waals surface area (Å²) in [5, 5.41) is 6.51. The molecule has 0 radical (unpaired) electrons. The second-order valence-electron chi connectivity index (χ2n) is 6.85. The lowest BCUT2D eigenvalue weighted by Crippen LogP contribution is -2.39. The summed E-state index contributed by atoms with van der Waals surface area (Å²) in [6, 6.07) is 13.5. The molecule has 9 heteroatoms. The van der Waals surface area contributed by atoms with Gasteiger partial charge in [-0.1, -0.05) is 18.2 Å². The molecule has 30 heavy (non-hydrogen) atoms. The van der Waals surface area contributed by atoms with Gasteiger partial charge in [-0.25, -0.2) is 12.8 Å². The Kier molecular flexibility index (Phi) is 11.1. The predicted molar refractivity (Wildman–Crippen MR) is 132 cm³/mol. The van der Waals surface area contributed by atoms with Crippen LogP contribution in [0.15, 0.2) is 58.4 Å².